The van der Waals surface area contributed by atoms with Crippen LogP contribution in [-0.4, -0.2) is 15.6 Å². The lowest BCUT2D eigenvalue weighted by Crippen LogP contribution is -2.04. The molecule has 0 atom stereocenters. The molecule has 0 spiro atoms. The lowest BCUT2D eigenvalue weighted by molar-refractivity contribution is 0.0697. The van der Waals surface area contributed by atoms with E-state index in [0.29, 0.717) is 5.56 Å². The van der Waals surface area contributed by atoms with Crippen LogP contribution in [0.4, 0.5) is 0 Å². The summed E-state index contributed by atoms with van der Waals surface area (Å²) in [7, 11) is 0. The summed E-state index contributed by atoms with van der Waals surface area (Å²) in [6.07, 6.45) is 0. The molecular formula is C15H14N2O2. The van der Waals surface area contributed by atoms with Gasteiger partial charge >= 0.3 is 5.97 Å². The van der Waals surface area contributed by atoms with Crippen LogP contribution in [0.15, 0.2) is 24.3 Å². The summed E-state index contributed by atoms with van der Waals surface area (Å²) in [6.45, 7) is 5.68. The first kappa shape index (κ1) is 12.9. The Bertz CT molecular complexity index is 706. The highest BCUT2D eigenvalue weighted by molar-refractivity contribution is 5.88. The van der Waals surface area contributed by atoms with Crippen molar-refractivity contribution in [2.75, 3.05) is 0 Å². The Morgan fingerprint density at radius 3 is 2.42 bits per heavy atom. The molecule has 1 N–H and O–H groups in total. The first-order valence-electron chi connectivity index (χ1n) is 5.89. The van der Waals surface area contributed by atoms with Crippen molar-refractivity contribution < 1.29 is 9.90 Å². The van der Waals surface area contributed by atoms with Crippen molar-refractivity contribution in [1.29, 1.82) is 5.26 Å². The van der Waals surface area contributed by atoms with Crippen molar-refractivity contribution in [3.05, 3.63) is 52.3 Å². The predicted octanol–water partition coefficient (Wildman–Crippen LogP) is 2.97. The van der Waals surface area contributed by atoms with Gasteiger partial charge in [-0.2, -0.15) is 5.26 Å². The third-order valence-electron chi connectivity index (χ3n) is 3.24. The number of aromatic carboxylic acids is 1. The van der Waals surface area contributed by atoms with Gasteiger partial charge in [-0.25, -0.2) is 4.79 Å². The van der Waals surface area contributed by atoms with Gasteiger partial charge in [-0.3, -0.25) is 0 Å². The molecule has 2 rings (SSSR count). The monoisotopic (exact) mass is 254 g/mol. The molecule has 4 nitrogen and oxygen atoms in total. The molecule has 0 unspecified atom stereocenters. The molecule has 0 aliphatic rings. The van der Waals surface area contributed by atoms with Gasteiger partial charge in [0.1, 0.15) is 6.07 Å². The van der Waals surface area contributed by atoms with Gasteiger partial charge in [0.2, 0.25) is 0 Å². The SMILES string of the molecule is Cc1cc(C(=O)O)ccc1-n1c(C)cc(C#N)c1C. The number of carbonyl (C=O) groups is 1. The van der Waals surface area contributed by atoms with Crippen molar-refractivity contribution in [2.45, 2.75) is 20.8 Å². The average molecular weight is 254 g/mol. The molecule has 96 valence electrons. The van der Waals surface area contributed by atoms with Crippen molar-refractivity contribution in [1.82, 2.24) is 4.57 Å². The molecule has 0 amide bonds. The van der Waals surface area contributed by atoms with E-state index in [9.17, 15) is 4.79 Å². The lowest BCUT2D eigenvalue weighted by Gasteiger charge is -2.13. The average Bonchev–Trinajstić information content (AvgIpc) is 2.64. The standard InChI is InChI=1S/C15H14N2O2/c1-9-6-12(15(18)19)4-5-14(9)17-10(2)7-13(8-16)11(17)3/h4-7H,1-3H3,(H,18,19). The number of aromatic nitrogens is 1. The number of hydrogen-bond acceptors (Lipinski definition) is 2. The maximum Gasteiger partial charge on any atom is 0.335 e. The number of nitrogens with zero attached hydrogens (tertiary/aromatic N) is 2. The van der Waals surface area contributed by atoms with E-state index in [1.54, 1.807) is 18.2 Å². The van der Waals surface area contributed by atoms with Crippen molar-refractivity contribution in [2.24, 2.45) is 0 Å². The summed E-state index contributed by atoms with van der Waals surface area (Å²) in [5.41, 5.74) is 4.50. The van der Waals surface area contributed by atoms with Crippen molar-refractivity contribution in [3.8, 4) is 11.8 Å². The number of rotatable bonds is 2. The molecular weight excluding hydrogens is 240 g/mol. The zero-order valence-corrected chi connectivity index (χ0v) is 11.1. The fraction of sp³-hybridized carbons (Fsp3) is 0.200. The minimum atomic E-state index is -0.937. The topological polar surface area (TPSA) is 66.0 Å². The summed E-state index contributed by atoms with van der Waals surface area (Å²) in [6, 6.07) is 8.99. The first-order chi connectivity index (χ1) is 8.95. The van der Waals surface area contributed by atoms with E-state index in [-0.39, 0.29) is 5.56 Å². The third-order valence-corrected chi connectivity index (χ3v) is 3.24. The minimum absolute atomic E-state index is 0.268. The molecule has 19 heavy (non-hydrogen) atoms. The summed E-state index contributed by atoms with van der Waals surface area (Å²) in [5.74, 6) is -0.937. The van der Waals surface area contributed by atoms with Gasteiger partial charge in [0.25, 0.3) is 0 Å². The molecule has 0 aliphatic carbocycles. The van der Waals surface area contributed by atoms with E-state index in [4.69, 9.17) is 10.4 Å². The van der Waals surface area contributed by atoms with E-state index in [1.165, 1.54) is 0 Å². The Labute approximate surface area is 111 Å². The molecule has 1 aromatic heterocycles. The van der Waals surface area contributed by atoms with Gasteiger partial charge in [0.15, 0.2) is 0 Å². The Balaban J connectivity index is 2.64. The van der Waals surface area contributed by atoms with Crippen LogP contribution in [0.25, 0.3) is 5.69 Å². The van der Waals surface area contributed by atoms with Crippen LogP contribution in [0.5, 0.6) is 0 Å². The maximum atomic E-state index is 10.9. The highest BCUT2D eigenvalue weighted by Crippen LogP contribution is 2.23. The summed E-state index contributed by atoms with van der Waals surface area (Å²) in [4.78, 5) is 10.9. The number of carboxylic acids is 1. The molecule has 1 heterocycles. The molecule has 0 bridgehead atoms. The largest absolute Gasteiger partial charge is 0.478 e. The molecule has 0 saturated carbocycles. The second kappa shape index (κ2) is 4.62. The number of benzene rings is 1. The van der Waals surface area contributed by atoms with Gasteiger partial charge < -0.3 is 9.67 Å². The highest BCUT2D eigenvalue weighted by atomic mass is 16.4. The fourth-order valence-electron chi connectivity index (χ4n) is 2.29. The Morgan fingerprint density at radius 1 is 1.26 bits per heavy atom. The van der Waals surface area contributed by atoms with Crippen LogP contribution in [-0.2, 0) is 0 Å². The van der Waals surface area contributed by atoms with E-state index in [1.807, 2.05) is 31.4 Å². The van der Waals surface area contributed by atoms with Crippen LogP contribution in [0.1, 0.15) is 32.9 Å². The summed E-state index contributed by atoms with van der Waals surface area (Å²) in [5, 5.41) is 18.0. The van der Waals surface area contributed by atoms with Gasteiger partial charge in [-0.05, 0) is 50.6 Å². The molecule has 0 aliphatic heterocycles. The first-order valence-corrected chi connectivity index (χ1v) is 5.89. The van der Waals surface area contributed by atoms with Crippen LogP contribution in [0, 0.1) is 32.1 Å². The third kappa shape index (κ3) is 2.11. The van der Waals surface area contributed by atoms with Crippen molar-refractivity contribution >= 4 is 5.97 Å². The van der Waals surface area contributed by atoms with Crippen LogP contribution >= 0.6 is 0 Å². The molecule has 4 heteroatoms. The molecule has 0 fully saturated rings. The van der Waals surface area contributed by atoms with Gasteiger partial charge in [-0.15, -0.1) is 0 Å². The Morgan fingerprint density at radius 2 is 1.95 bits per heavy atom. The minimum Gasteiger partial charge on any atom is -0.478 e. The molecule has 2 aromatic rings. The van der Waals surface area contributed by atoms with E-state index in [0.717, 1.165) is 22.6 Å². The van der Waals surface area contributed by atoms with Crippen LogP contribution in [0.3, 0.4) is 0 Å². The molecule has 1 aromatic carbocycles. The van der Waals surface area contributed by atoms with Gasteiger partial charge in [0, 0.05) is 17.1 Å². The van der Waals surface area contributed by atoms with E-state index >= 15 is 0 Å². The zero-order chi connectivity index (χ0) is 14.2. The zero-order valence-electron chi connectivity index (χ0n) is 11.1. The maximum absolute atomic E-state index is 10.9. The number of nitriles is 1. The fourth-order valence-corrected chi connectivity index (χ4v) is 2.29. The normalized spacial score (nSPS) is 10.2. The quantitative estimate of drug-likeness (QED) is 0.895. The highest BCUT2D eigenvalue weighted by Gasteiger charge is 2.13. The van der Waals surface area contributed by atoms with E-state index in [2.05, 4.69) is 6.07 Å². The number of hydrogen-bond donors (Lipinski definition) is 1. The smallest absolute Gasteiger partial charge is 0.335 e. The van der Waals surface area contributed by atoms with Crippen molar-refractivity contribution in [3.63, 3.8) is 0 Å². The number of aryl methyl sites for hydroxylation is 2. The van der Waals surface area contributed by atoms with E-state index < -0.39 is 5.97 Å². The summed E-state index contributed by atoms with van der Waals surface area (Å²) >= 11 is 0. The molecule has 0 saturated heterocycles. The van der Waals surface area contributed by atoms with Crippen LogP contribution in [0.2, 0.25) is 0 Å². The number of carboxylic acid groups (broad SMARTS) is 1. The second-order valence-electron chi connectivity index (χ2n) is 4.54. The van der Waals surface area contributed by atoms with Crippen LogP contribution < -0.4 is 0 Å². The Hall–Kier alpha value is -2.54. The summed E-state index contributed by atoms with van der Waals surface area (Å²) < 4.78 is 1.97. The van der Waals surface area contributed by atoms with Gasteiger partial charge in [0.05, 0.1) is 11.1 Å². The van der Waals surface area contributed by atoms with Gasteiger partial charge in [-0.1, -0.05) is 0 Å². The second-order valence-corrected chi connectivity index (χ2v) is 4.54. The lowest BCUT2D eigenvalue weighted by atomic mass is 10.1. The Kier molecular flexibility index (Phi) is 3.14. The molecule has 0 radical (unpaired) electrons. The predicted molar refractivity (Wildman–Crippen MR) is 71.7 cm³/mol.